The average Bonchev–Trinajstić information content (AvgIpc) is 2.98. The number of nitrogens with zero attached hydrogens (tertiary/aromatic N) is 8. The fraction of sp³-hybridized carbons (Fsp3) is 0.636. The smallest absolute Gasteiger partial charge is 0.342 e. The number of aryl methyl sites for hydroxylation is 3. The molecule has 0 atom stereocenters. The molecule has 12 heteroatoms. The van der Waals surface area contributed by atoms with Gasteiger partial charge in [0.05, 0.1) is 14.1 Å². The Balaban J connectivity index is 1.39. The van der Waals surface area contributed by atoms with Crippen LogP contribution in [0.3, 0.4) is 0 Å². The van der Waals surface area contributed by atoms with E-state index in [0.29, 0.717) is 13.1 Å². The van der Waals surface area contributed by atoms with Crippen molar-refractivity contribution in [1.82, 2.24) is 19.1 Å². The number of rotatable bonds is 18. The first kappa shape index (κ1) is 36.6. The van der Waals surface area contributed by atoms with E-state index in [1.807, 2.05) is 44.9 Å². The topological polar surface area (TPSA) is 84.0 Å². The first-order valence-electron chi connectivity index (χ1n) is 16.1. The SMILES string of the molecule is Cc1cc(=O)n(CCCCCCSc2nc(N(C)C)cc(C)[n+]2C)c(=O)n1CCCCCCSc1nc(N(C)C)cc(C)[n+]1C. The molecule has 0 spiro atoms. The zero-order valence-corrected chi connectivity index (χ0v) is 30.6. The maximum Gasteiger partial charge on any atom is 0.361 e. The van der Waals surface area contributed by atoms with Crippen LogP contribution in [0.4, 0.5) is 11.6 Å². The van der Waals surface area contributed by atoms with Gasteiger partial charge in [-0.15, -0.1) is 0 Å². The molecule has 3 heterocycles. The molecule has 3 aromatic rings. The van der Waals surface area contributed by atoms with Gasteiger partial charge < -0.3 is 9.80 Å². The number of hydrogen-bond donors (Lipinski definition) is 0. The molecular weight excluding hydrogens is 605 g/mol. The normalized spacial score (nSPS) is 11.3. The van der Waals surface area contributed by atoms with Crippen LogP contribution in [0, 0.1) is 20.8 Å². The predicted octanol–water partition coefficient (Wildman–Crippen LogP) is 4.21. The summed E-state index contributed by atoms with van der Waals surface area (Å²) in [6, 6.07) is 5.81. The highest BCUT2D eigenvalue weighted by molar-refractivity contribution is 7.99. The molecule has 0 radical (unpaired) electrons. The molecule has 0 aliphatic rings. The summed E-state index contributed by atoms with van der Waals surface area (Å²) >= 11 is 3.58. The van der Waals surface area contributed by atoms with Crippen molar-refractivity contribution in [2.24, 2.45) is 14.1 Å². The molecule has 10 nitrogen and oxygen atoms in total. The maximum absolute atomic E-state index is 13.2. The third-order valence-corrected chi connectivity index (χ3v) is 10.4. The van der Waals surface area contributed by atoms with Crippen LogP contribution in [0.1, 0.15) is 68.4 Å². The Morgan fingerprint density at radius 3 is 1.51 bits per heavy atom. The van der Waals surface area contributed by atoms with Gasteiger partial charge in [0.25, 0.3) is 5.56 Å². The highest BCUT2D eigenvalue weighted by atomic mass is 32.2. The number of aromatic nitrogens is 6. The van der Waals surface area contributed by atoms with Crippen molar-refractivity contribution < 1.29 is 9.13 Å². The molecule has 0 saturated carbocycles. The number of hydrogen-bond acceptors (Lipinski definition) is 8. The van der Waals surface area contributed by atoms with Crippen LogP contribution in [-0.2, 0) is 27.2 Å². The second-order valence-electron chi connectivity index (χ2n) is 12.2. The fourth-order valence-corrected chi connectivity index (χ4v) is 7.03. The van der Waals surface area contributed by atoms with Gasteiger partial charge in [-0.1, -0.05) is 25.7 Å². The summed E-state index contributed by atoms with van der Waals surface area (Å²) in [5.41, 5.74) is 2.77. The molecule has 0 aromatic carbocycles. The molecule has 3 aromatic heterocycles. The van der Waals surface area contributed by atoms with E-state index in [2.05, 4.69) is 49.2 Å². The second-order valence-corrected chi connectivity index (χ2v) is 14.3. The minimum atomic E-state index is -0.189. The lowest BCUT2D eigenvalue weighted by Crippen LogP contribution is -2.40. The molecule has 0 unspecified atom stereocenters. The van der Waals surface area contributed by atoms with Gasteiger partial charge in [-0.25, -0.2) is 13.9 Å². The highest BCUT2D eigenvalue weighted by Gasteiger charge is 2.18. The summed E-state index contributed by atoms with van der Waals surface area (Å²) in [7, 11) is 12.2. The fourth-order valence-electron chi connectivity index (χ4n) is 4.98. The van der Waals surface area contributed by atoms with Gasteiger partial charge in [-0.05, 0) is 79.9 Å². The predicted molar refractivity (Wildman–Crippen MR) is 187 cm³/mol. The Bertz CT molecular complexity index is 1530. The molecular formula is C33H54N8O2S2+2. The van der Waals surface area contributed by atoms with E-state index in [-0.39, 0.29) is 11.2 Å². The monoisotopic (exact) mass is 658 g/mol. The summed E-state index contributed by atoms with van der Waals surface area (Å²) in [5.74, 6) is 3.96. The van der Waals surface area contributed by atoms with E-state index in [0.717, 1.165) is 90.5 Å². The van der Waals surface area contributed by atoms with Crippen LogP contribution in [0.5, 0.6) is 0 Å². The Morgan fingerprint density at radius 1 is 0.644 bits per heavy atom. The number of thioether (sulfide) groups is 2. The van der Waals surface area contributed by atoms with Crippen LogP contribution < -0.4 is 30.2 Å². The van der Waals surface area contributed by atoms with E-state index in [1.165, 1.54) is 16.0 Å². The zero-order chi connectivity index (χ0) is 33.1. The van der Waals surface area contributed by atoms with Crippen molar-refractivity contribution >= 4 is 35.2 Å². The molecule has 0 bridgehead atoms. The summed E-state index contributed by atoms with van der Waals surface area (Å²) in [5, 5.41) is 2.06. The first-order valence-corrected chi connectivity index (χ1v) is 18.0. The van der Waals surface area contributed by atoms with Crippen molar-refractivity contribution in [3.05, 3.63) is 56.1 Å². The van der Waals surface area contributed by atoms with Crippen molar-refractivity contribution in [3.8, 4) is 0 Å². The Labute approximate surface area is 277 Å². The lowest BCUT2D eigenvalue weighted by atomic mass is 10.2. The van der Waals surface area contributed by atoms with E-state index < -0.39 is 0 Å². The molecule has 3 rings (SSSR count). The average molecular weight is 659 g/mol. The third kappa shape index (κ3) is 10.6. The number of unbranched alkanes of at least 4 members (excludes halogenated alkanes) is 6. The molecule has 0 saturated heterocycles. The van der Waals surface area contributed by atoms with Crippen molar-refractivity contribution in [3.63, 3.8) is 0 Å². The zero-order valence-electron chi connectivity index (χ0n) is 28.9. The van der Waals surface area contributed by atoms with Gasteiger partial charge in [0.1, 0.15) is 11.4 Å². The molecule has 0 fully saturated rings. The van der Waals surface area contributed by atoms with Crippen molar-refractivity contribution in [2.45, 2.75) is 95.5 Å². The van der Waals surface area contributed by atoms with Gasteiger partial charge in [-0.3, -0.25) is 13.9 Å². The van der Waals surface area contributed by atoms with Crippen LogP contribution in [0.15, 0.2) is 38.1 Å². The largest absolute Gasteiger partial charge is 0.361 e. The number of anilines is 2. The maximum atomic E-state index is 13.2. The van der Waals surface area contributed by atoms with Crippen LogP contribution in [0.2, 0.25) is 0 Å². The quantitative estimate of drug-likeness (QED) is 0.0871. The lowest BCUT2D eigenvalue weighted by Gasteiger charge is -2.13. The molecule has 0 N–H and O–H groups in total. The minimum Gasteiger partial charge on any atom is -0.342 e. The van der Waals surface area contributed by atoms with Gasteiger partial charge in [-0.2, -0.15) is 0 Å². The van der Waals surface area contributed by atoms with Crippen molar-refractivity contribution in [2.75, 3.05) is 49.5 Å². The molecule has 248 valence electrons. The minimum absolute atomic E-state index is 0.171. The van der Waals surface area contributed by atoms with Crippen LogP contribution in [0.25, 0.3) is 0 Å². The van der Waals surface area contributed by atoms with E-state index in [4.69, 9.17) is 9.97 Å². The van der Waals surface area contributed by atoms with Crippen molar-refractivity contribution in [1.29, 1.82) is 0 Å². The van der Waals surface area contributed by atoms with Gasteiger partial charge in [0.2, 0.25) is 11.6 Å². The molecule has 0 aliphatic heterocycles. The molecule has 45 heavy (non-hydrogen) atoms. The van der Waals surface area contributed by atoms with Crippen LogP contribution >= 0.6 is 23.5 Å². The van der Waals surface area contributed by atoms with E-state index >= 15 is 0 Å². The summed E-state index contributed by atoms with van der Waals surface area (Å²) < 4.78 is 7.49. The first-order chi connectivity index (χ1) is 21.4. The van der Waals surface area contributed by atoms with E-state index in [1.54, 1.807) is 34.2 Å². The third-order valence-electron chi connectivity index (χ3n) is 8.15. The van der Waals surface area contributed by atoms with Crippen LogP contribution in [-0.4, -0.2) is 58.8 Å². The Hall–Kier alpha value is -2.86. The Kier molecular flexibility index (Phi) is 14.4. The standard InChI is InChI=1S/C33H54N8O2S2/c1-25-22-28(36(4)5)34-31(38(25)8)44-20-16-12-10-14-18-40-27(3)24-30(42)41(33(40)43)19-15-11-13-17-21-45-32-35-29(37(6)7)23-26(2)39(32)9/h22-24H,10-21H2,1-9H3/q+2. The second kappa shape index (κ2) is 17.7. The summed E-state index contributed by atoms with van der Waals surface area (Å²) in [6.45, 7) is 7.20. The summed E-state index contributed by atoms with van der Waals surface area (Å²) in [6.07, 6.45) is 8.11. The van der Waals surface area contributed by atoms with E-state index in [9.17, 15) is 9.59 Å². The highest BCUT2D eigenvalue weighted by Crippen LogP contribution is 2.19. The molecule has 0 amide bonds. The molecule has 0 aliphatic carbocycles. The van der Waals surface area contributed by atoms with Gasteiger partial charge in [0.15, 0.2) is 0 Å². The Morgan fingerprint density at radius 2 is 1.07 bits per heavy atom. The van der Waals surface area contributed by atoms with Gasteiger partial charge in [0, 0.05) is 76.7 Å². The summed E-state index contributed by atoms with van der Waals surface area (Å²) in [4.78, 5) is 39.5. The van der Waals surface area contributed by atoms with Gasteiger partial charge >= 0.3 is 16.0 Å². The lowest BCUT2D eigenvalue weighted by molar-refractivity contribution is -0.719.